The molecule has 2 aromatic rings. The summed E-state index contributed by atoms with van der Waals surface area (Å²) >= 11 is 0. The van der Waals surface area contributed by atoms with E-state index in [0.29, 0.717) is 19.4 Å². The quantitative estimate of drug-likeness (QED) is 0.0295. The number of unbranched alkanes of at least 4 members (excludes halogenated alkanes) is 1. The number of benzene rings is 1. The largest absolute Gasteiger partial charge is 0.480 e. The highest BCUT2D eigenvalue weighted by Crippen LogP contribution is 2.20. The lowest BCUT2D eigenvalue weighted by molar-refractivity contribution is -0.142. The fraction of sp³-hybridized carbons (Fsp3) is 0.590. The van der Waals surface area contributed by atoms with Crippen molar-refractivity contribution >= 4 is 58.3 Å². The number of nitrogens with zero attached hydrogens (tertiary/aromatic N) is 1. The molecule has 0 bridgehead atoms. The Morgan fingerprint density at radius 1 is 0.746 bits per heavy atom. The standard InChI is InChI=1S/C39H64N12O8/c1-21(2)17-29(50-35(55)30(49-33(53)23(5)41)18-24-19-45-26-12-7-6-11-25(24)26)36(56)51-32(22(3)4)37(57)48-27(13-8-9-15-40)34(54)46-20-31(52)47-28(38(58)59)14-10-16-44-39(42)43/h6-7,11-12,19,21-23,27-30,32,45H,8-10,13-18,20,40-41H2,1-5H3,(H,46,54)(H,47,52)(H,48,57)(H,49,53)(H,50,55)(H,51,56)(H,58,59)(H4,42,43,44)/t23-,27-,28-,29-,30-,32-/m0/s1. The second kappa shape index (κ2) is 24.9. The van der Waals surface area contributed by atoms with Crippen LogP contribution in [0.3, 0.4) is 0 Å². The summed E-state index contributed by atoms with van der Waals surface area (Å²) in [6, 6.07) is 0.822. The number of aromatic amines is 1. The molecule has 59 heavy (non-hydrogen) atoms. The molecule has 6 atom stereocenters. The van der Waals surface area contributed by atoms with E-state index >= 15 is 0 Å². The maximum absolute atomic E-state index is 13.9. The Kier molecular flexibility index (Phi) is 20.8. The average molecular weight is 829 g/mol. The number of amides is 6. The van der Waals surface area contributed by atoms with Crippen LogP contribution in [0.25, 0.3) is 10.9 Å². The van der Waals surface area contributed by atoms with Gasteiger partial charge in [-0.2, -0.15) is 0 Å². The first-order valence-corrected chi connectivity index (χ1v) is 19.9. The molecule has 20 nitrogen and oxygen atoms in total. The van der Waals surface area contributed by atoms with Crippen molar-refractivity contribution in [2.45, 2.75) is 116 Å². The number of carbonyl (C=O) groups excluding carboxylic acids is 6. The summed E-state index contributed by atoms with van der Waals surface area (Å²) in [7, 11) is 0. The van der Waals surface area contributed by atoms with E-state index in [2.05, 4.69) is 41.9 Å². The molecule has 0 saturated carbocycles. The number of guanidine groups is 1. The van der Waals surface area contributed by atoms with Crippen LogP contribution in [0, 0.1) is 11.8 Å². The third-order valence-corrected chi connectivity index (χ3v) is 9.31. The van der Waals surface area contributed by atoms with Crippen LogP contribution < -0.4 is 54.8 Å². The van der Waals surface area contributed by atoms with Gasteiger partial charge < -0.3 is 64.9 Å². The summed E-state index contributed by atoms with van der Waals surface area (Å²) in [5.74, 6) is -5.99. The van der Waals surface area contributed by atoms with Gasteiger partial charge in [0.15, 0.2) is 5.96 Å². The number of carbonyl (C=O) groups is 7. The Morgan fingerprint density at radius 3 is 1.98 bits per heavy atom. The van der Waals surface area contributed by atoms with Crippen LogP contribution in [0.4, 0.5) is 0 Å². The summed E-state index contributed by atoms with van der Waals surface area (Å²) in [5.41, 5.74) is 23.7. The number of hydrogen-bond donors (Lipinski definition) is 12. The molecule has 0 unspecified atom stereocenters. The molecular formula is C39H64N12O8. The summed E-state index contributed by atoms with van der Waals surface area (Å²) in [5, 5.41) is 26.1. The predicted octanol–water partition coefficient (Wildman–Crippen LogP) is -1.43. The number of fused-ring (bicyclic) bond motifs is 1. The molecule has 2 rings (SSSR count). The molecule has 0 saturated heterocycles. The van der Waals surface area contributed by atoms with Gasteiger partial charge in [-0.25, -0.2) is 4.79 Å². The molecule has 16 N–H and O–H groups in total. The van der Waals surface area contributed by atoms with Gasteiger partial charge in [0, 0.05) is 30.1 Å². The minimum absolute atomic E-state index is 0.0311. The number of H-pyrrole nitrogens is 1. The normalized spacial score (nSPS) is 14.3. The summed E-state index contributed by atoms with van der Waals surface area (Å²) in [4.78, 5) is 98.9. The Morgan fingerprint density at radius 2 is 1.37 bits per heavy atom. The molecule has 1 aromatic heterocycles. The highest BCUT2D eigenvalue weighted by atomic mass is 16.4. The first-order chi connectivity index (χ1) is 27.8. The molecule has 20 heteroatoms. The minimum atomic E-state index is -1.28. The SMILES string of the molecule is CC(C)C[C@H](NC(=O)[C@H](Cc1c[nH]c2ccccc12)NC(=O)[C@H](C)N)C(=O)N[C@H](C(=O)N[C@@H](CCCCN)C(=O)NCC(=O)N[C@@H](CCCN=C(N)N)C(=O)O)C(C)C. The molecule has 6 amide bonds. The van der Waals surface area contributed by atoms with E-state index in [4.69, 9.17) is 22.9 Å². The Hall–Kier alpha value is -5.76. The number of rotatable bonds is 26. The third kappa shape index (κ3) is 17.3. The van der Waals surface area contributed by atoms with Crippen LogP contribution in [0.5, 0.6) is 0 Å². The first-order valence-electron chi connectivity index (χ1n) is 19.9. The molecule has 0 spiro atoms. The highest BCUT2D eigenvalue weighted by molar-refractivity contribution is 5.97. The maximum atomic E-state index is 13.9. The van der Waals surface area contributed by atoms with Crippen LogP contribution in [-0.4, -0.2) is 113 Å². The van der Waals surface area contributed by atoms with Gasteiger partial charge in [-0.1, -0.05) is 45.9 Å². The van der Waals surface area contributed by atoms with E-state index in [1.54, 1.807) is 20.0 Å². The van der Waals surface area contributed by atoms with Crippen molar-refractivity contribution in [3.63, 3.8) is 0 Å². The highest BCUT2D eigenvalue weighted by Gasteiger charge is 2.34. The van der Waals surface area contributed by atoms with Crippen molar-refractivity contribution in [1.29, 1.82) is 0 Å². The zero-order chi connectivity index (χ0) is 44.2. The number of aliphatic carboxylic acids is 1. The van der Waals surface area contributed by atoms with E-state index in [0.717, 1.165) is 16.5 Å². The zero-order valence-electron chi connectivity index (χ0n) is 34.6. The zero-order valence-corrected chi connectivity index (χ0v) is 34.6. The lowest BCUT2D eigenvalue weighted by Crippen LogP contribution is -2.60. The van der Waals surface area contributed by atoms with E-state index in [-0.39, 0.29) is 50.5 Å². The lowest BCUT2D eigenvalue weighted by atomic mass is 9.98. The molecule has 0 radical (unpaired) electrons. The topological polar surface area (TPSA) is 344 Å². The maximum Gasteiger partial charge on any atom is 0.326 e. The van der Waals surface area contributed by atoms with E-state index < -0.39 is 90.1 Å². The molecule has 328 valence electrons. The van der Waals surface area contributed by atoms with Gasteiger partial charge in [0.2, 0.25) is 35.4 Å². The van der Waals surface area contributed by atoms with Crippen molar-refractivity contribution in [3.8, 4) is 0 Å². The fourth-order valence-electron chi connectivity index (χ4n) is 6.12. The van der Waals surface area contributed by atoms with Gasteiger partial charge in [-0.3, -0.25) is 33.8 Å². The number of nitrogens with one attached hydrogen (secondary N) is 7. The summed E-state index contributed by atoms with van der Waals surface area (Å²) in [6.45, 7) is 8.53. The molecule has 0 aliphatic carbocycles. The van der Waals surface area contributed by atoms with Crippen molar-refractivity contribution in [3.05, 3.63) is 36.0 Å². The van der Waals surface area contributed by atoms with Crippen LogP contribution >= 0.6 is 0 Å². The third-order valence-electron chi connectivity index (χ3n) is 9.31. The minimum Gasteiger partial charge on any atom is -0.480 e. The first kappa shape index (κ1) is 49.4. The van der Waals surface area contributed by atoms with Crippen molar-refractivity contribution in [1.82, 2.24) is 36.9 Å². The monoisotopic (exact) mass is 828 g/mol. The Bertz CT molecular complexity index is 1760. The van der Waals surface area contributed by atoms with Gasteiger partial charge in [-0.05, 0) is 75.5 Å². The molecular weight excluding hydrogens is 765 g/mol. The van der Waals surface area contributed by atoms with Crippen LogP contribution in [-0.2, 0) is 40.0 Å². The van der Waals surface area contributed by atoms with Gasteiger partial charge in [-0.15, -0.1) is 0 Å². The second-order valence-corrected chi connectivity index (χ2v) is 15.3. The smallest absolute Gasteiger partial charge is 0.326 e. The molecule has 1 aromatic carbocycles. The lowest BCUT2D eigenvalue weighted by Gasteiger charge is -2.29. The van der Waals surface area contributed by atoms with Crippen LogP contribution in [0.1, 0.15) is 78.7 Å². The number of aromatic nitrogens is 1. The molecule has 0 aliphatic heterocycles. The number of aliphatic imine (C=N–C) groups is 1. The van der Waals surface area contributed by atoms with Crippen molar-refractivity contribution in [2.75, 3.05) is 19.6 Å². The number of hydrogen-bond acceptors (Lipinski definition) is 10. The number of para-hydroxylation sites is 1. The van der Waals surface area contributed by atoms with Gasteiger partial charge in [0.25, 0.3) is 0 Å². The van der Waals surface area contributed by atoms with Crippen molar-refractivity contribution < 1.29 is 38.7 Å². The van der Waals surface area contributed by atoms with E-state index in [1.807, 2.05) is 38.1 Å². The number of nitrogens with two attached hydrogens (primary N) is 4. The molecule has 0 aliphatic rings. The Labute approximate surface area is 344 Å². The average Bonchev–Trinajstić information content (AvgIpc) is 3.57. The fourth-order valence-corrected chi connectivity index (χ4v) is 6.12. The Balaban J connectivity index is 2.20. The van der Waals surface area contributed by atoms with Crippen LogP contribution in [0.2, 0.25) is 0 Å². The summed E-state index contributed by atoms with van der Waals surface area (Å²) in [6.07, 6.45) is 3.46. The predicted molar refractivity (Wildman–Crippen MR) is 223 cm³/mol. The van der Waals surface area contributed by atoms with Gasteiger partial charge in [0.05, 0.1) is 12.6 Å². The van der Waals surface area contributed by atoms with E-state index in [1.165, 1.54) is 6.92 Å². The molecule has 0 fully saturated rings. The second-order valence-electron chi connectivity index (χ2n) is 15.3. The molecule has 1 heterocycles. The van der Waals surface area contributed by atoms with Crippen LogP contribution in [0.15, 0.2) is 35.5 Å². The van der Waals surface area contributed by atoms with E-state index in [9.17, 15) is 38.7 Å². The van der Waals surface area contributed by atoms with Crippen molar-refractivity contribution in [2.24, 2.45) is 39.8 Å². The summed E-state index contributed by atoms with van der Waals surface area (Å²) < 4.78 is 0. The number of carboxylic acid groups (broad SMARTS) is 1. The number of carboxylic acids is 1. The van der Waals surface area contributed by atoms with Gasteiger partial charge in [0.1, 0.15) is 30.2 Å². The van der Waals surface area contributed by atoms with Gasteiger partial charge >= 0.3 is 5.97 Å².